The number of halogens is 3. The van der Waals surface area contributed by atoms with Crippen molar-refractivity contribution in [2.75, 3.05) is 0 Å². The fourth-order valence-corrected chi connectivity index (χ4v) is 3.25. The molecule has 0 saturated heterocycles. The van der Waals surface area contributed by atoms with Crippen LogP contribution in [-0.2, 0) is 4.79 Å². The van der Waals surface area contributed by atoms with Crippen molar-refractivity contribution in [1.82, 2.24) is 5.32 Å². The van der Waals surface area contributed by atoms with Crippen molar-refractivity contribution >= 4 is 35.7 Å². The Bertz CT molecular complexity index is 927. The molecule has 0 saturated carbocycles. The number of ketones is 1. The molecule has 5 nitrogen and oxygen atoms in total. The number of primary amides is 1. The Balaban J connectivity index is 0.00000420. The molecule has 0 aliphatic carbocycles. The number of nitrogens with two attached hydrogens (primary N) is 1. The highest BCUT2D eigenvalue weighted by molar-refractivity contribution is 6.35. The van der Waals surface area contributed by atoms with E-state index in [2.05, 4.69) is 5.32 Å². The summed E-state index contributed by atoms with van der Waals surface area (Å²) < 4.78 is 15.3. The van der Waals surface area contributed by atoms with Gasteiger partial charge in [0, 0.05) is 29.6 Å². The topological polar surface area (TPSA) is 96.0 Å². The second-order valence-corrected chi connectivity index (χ2v) is 6.95. The highest BCUT2D eigenvalue weighted by Crippen LogP contribution is 2.30. The van der Waals surface area contributed by atoms with Crippen molar-refractivity contribution in [3.8, 4) is 6.07 Å². The molecular weight excluding hydrogens is 416 g/mol. The molecule has 0 fully saturated rings. The fraction of sp³-hybridized carbons (Fsp3) is 0.286. The van der Waals surface area contributed by atoms with E-state index in [1.165, 1.54) is 36.4 Å². The van der Waals surface area contributed by atoms with Crippen LogP contribution in [0.2, 0.25) is 5.02 Å². The van der Waals surface area contributed by atoms with Gasteiger partial charge in [0.2, 0.25) is 5.91 Å². The summed E-state index contributed by atoms with van der Waals surface area (Å²) in [4.78, 5) is 23.9. The second-order valence-electron chi connectivity index (χ2n) is 6.54. The first kappa shape index (κ1) is 24.6. The summed E-state index contributed by atoms with van der Waals surface area (Å²) in [6.07, 6.45) is 0.648. The molecule has 2 aromatic carbocycles. The molecule has 8 heteroatoms. The zero-order valence-electron chi connectivity index (χ0n) is 16.0. The largest absolute Gasteiger partial charge is 0.370 e. The number of carbonyl (C=O) groups is 2. The van der Waals surface area contributed by atoms with Crippen molar-refractivity contribution in [3.05, 3.63) is 69.5 Å². The molecule has 0 radical (unpaired) electrons. The van der Waals surface area contributed by atoms with Crippen molar-refractivity contribution < 1.29 is 14.0 Å². The van der Waals surface area contributed by atoms with Crippen molar-refractivity contribution in [2.45, 2.75) is 38.8 Å². The van der Waals surface area contributed by atoms with Gasteiger partial charge >= 0.3 is 0 Å². The second kappa shape index (κ2) is 10.9. The molecule has 0 bridgehead atoms. The molecule has 3 N–H and O–H groups in total. The van der Waals surface area contributed by atoms with Gasteiger partial charge in [-0.05, 0) is 43.7 Å². The van der Waals surface area contributed by atoms with Crippen LogP contribution < -0.4 is 11.1 Å². The van der Waals surface area contributed by atoms with E-state index in [4.69, 9.17) is 22.6 Å². The lowest BCUT2D eigenvalue weighted by Gasteiger charge is -2.23. The van der Waals surface area contributed by atoms with Crippen LogP contribution in [0, 0.1) is 17.1 Å². The number of hydrogen-bond acceptors (Lipinski definition) is 4. The van der Waals surface area contributed by atoms with Crippen LogP contribution in [0.15, 0.2) is 36.4 Å². The van der Waals surface area contributed by atoms with Gasteiger partial charge in [0.1, 0.15) is 5.82 Å². The number of carbonyl (C=O) groups excluding carboxylic acids is 2. The lowest BCUT2D eigenvalue weighted by Crippen LogP contribution is -2.34. The molecule has 2 aromatic rings. The van der Waals surface area contributed by atoms with Crippen molar-refractivity contribution in [3.63, 3.8) is 0 Å². The minimum atomic E-state index is -0.701. The molecule has 29 heavy (non-hydrogen) atoms. The first-order valence-electron chi connectivity index (χ1n) is 8.85. The Morgan fingerprint density at radius 1 is 1.24 bits per heavy atom. The van der Waals surface area contributed by atoms with Crippen LogP contribution in [0.5, 0.6) is 0 Å². The highest BCUT2D eigenvalue weighted by atomic mass is 35.5. The monoisotopic (exact) mass is 437 g/mol. The number of hydrogen-bond donors (Lipinski definition) is 2. The Kier molecular flexibility index (Phi) is 9.25. The molecule has 0 aliphatic heterocycles. The summed E-state index contributed by atoms with van der Waals surface area (Å²) >= 11 is 6.13. The van der Waals surface area contributed by atoms with E-state index >= 15 is 4.39 Å². The first-order valence-corrected chi connectivity index (χ1v) is 9.23. The third kappa shape index (κ3) is 6.01. The molecule has 154 valence electrons. The summed E-state index contributed by atoms with van der Waals surface area (Å²) in [5, 5.41) is 12.0. The maximum Gasteiger partial charge on any atom is 0.218 e. The van der Waals surface area contributed by atoms with E-state index in [0.29, 0.717) is 17.5 Å². The molecule has 1 amide bonds. The molecule has 0 aliphatic rings. The van der Waals surface area contributed by atoms with Gasteiger partial charge < -0.3 is 11.1 Å². The normalized spacial score (nSPS) is 12.4. The van der Waals surface area contributed by atoms with Gasteiger partial charge in [-0.15, -0.1) is 12.4 Å². The van der Waals surface area contributed by atoms with E-state index in [0.717, 1.165) is 0 Å². The maximum atomic E-state index is 15.3. The molecule has 0 spiro atoms. The zero-order chi connectivity index (χ0) is 20.8. The van der Waals surface area contributed by atoms with E-state index in [1.54, 1.807) is 6.92 Å². The third-order valence-electron chi connectivity index (χ3n) is 4.40. The van der Waals surface area contributed by atoms with Crippen LogP contribution >= 0.6 is 24.0 Å². The third-order valence-corrected chi connectivity index (χ3v) is 4.72. The average molecular weight is 438 g/mol. The zero-order valence-corrected chi connectivity index (χ0v) is 17.6. The summed E-state index contributed by atoms with van der Waals surface area (Å²) in [6, 6.07) is 10.2. The lowest BCUT2D eigenvalue weighted by atomic mass is 9.95. The van der Waals surface area contributed by atoms with Crippen LogP contribution in [0.25, 0.3) is 0 Å². The number of nitrogens with zero attached hydrogens (tertiary/aromatic N) is 1. The van der Waals surface area contributed by atoms with Gasteiger partial charge in [0.15, 0.2) is 5.78 Å². The number of nitrogens with one attached hydrogen (secondary N) is 1. The molecule has 0 heterocycles. The Morgan fingerprint density at radius 3 is 2.38 bits per heavy atom. The SMILES string of the molecule is CC[C@@H](N[C@H](C)CC(N)=O)c1ccc(Cl)c(C(=O)c2ccc(C#N)cc2)c1F.Cl. The summed E-state index contributed by atoms with van der Waals surface area (Å²) in [6.45, 7) is 3.65. The van der Waals surface area contributed by atoms with Gasteiger partial charge in [-0.2, -0.15) is 5.26 Å². The molecule has 2 rings (SSSR count). The lowest BCUT2D eigenvalue weighted by molar-refractivity contribution is -0.118. The molecular formula is C21H22Cl2FN3O2. The highest BCUT2D eigenvalue weighted by Gasteiger charge is 2.25. The van der Waals surface area contributed by atoms with Crippen LogP contribution in [-0.4, -0.2) is 17.7 Å². The maximum absolute atomic E-state index is 15.3. The van der Waals surface area contributed by atoms with E-state index in [-0.39, 0.29) is 41.0 Å². The predicted molar refractivity (Wildman–Crippen MR) is 113 cm³/mol. The number of rotatable bonds is 8. The van der Waals surface area contributed by atoms with E-state index < -0.39 is 23.5 Å². The quantitative estimate of drug-likeness (QED) is 0.601. The summed E-state index contributed by atoms with van der Waals surface area (Å²) in [7, 11) is 0. The minimum Gasteiger partial charge on any atom is -0.370 e. The number of nitriles is 1. The van der Waals surface area contributed by atoms with E-state index in [9.17, 15) is 9.59 Å². The first-order chi connectivity index (χ1) is 13.3. The van der Waals surface area contributed by atoms with Crippen molar-refractivity contribution in [2.24, 2.45) is 5.73 Å². The van der Waals surface area contributed by atoms with Crippen molar-refractivity contribution in [1.29, 1.82) is 5.26 Å². The van der Waals surface area contributed by atoms with Gasteiger partial charge in [-0.3, -0.25) is 9.59 Å². The predicted octanol–water partition coefficient (Wildman–Crippen LogP) is 4.31. The average Bonchev–Trinajstić information content (AvgIpc) is 2.66. The molecule has 0 aromatic heterocycles. The minimum absolute atomic E-state index is 0. The van der Waals surface area contributed by atoms with Crippen LogP contribution in [0.4, 0.5) is 4.39 Å². The summed E-state index contributed by atoms with van der Waals surface area (Å²) in [5.41, 5.74) is 5.92. The molecule has 0 unspecified atom stereocenters. The van der Waals surface area contributed by atoms with E-state index in [1.807, 2.05) is 13.0 Å². The van der Waals surface area contributed by atoms with Crippen LogP contribution in [0.3, 0.4) is 0 Å². The standard InChI is InChI=1S/C21H21ClFN3O2.ClH/c1-3-17(26-12(2)10-18(25)27)15-8-9-16(22)19(20(15)23)21(28)14-6-4-13(11-24)5-7-14;/h4-9,12,17,26H,3,10H2,1-2H3,(H2,25,27);1H/t12-,17-;/m1./s1. The van der Waals surface area contributed by atoms with Gasteiger partial charge in [0.25, 0.3) is 0 Å². The Hall–Kier alpha value is -2.46. The number of amides is 1. The van der Waals surface area contributed by atoms with Crippen LogP contribution in [0.1, 0.15) is 59.8 Å². The summed E-state index contributed by atoms with van der Waals surface area (Å²) in [5.74, 6) is -1.72. The van der Waals surface area contributed by atoms with Gasteiger partial charge in [-0.1, -0.05) is 24.6 Å². The number of benzene rings is 2. The smallest absolute Gasteiger partial charge is 0.218 e. The van der Waals surface area contributed by atoms with Gasteiger partial charge in [-0.25, -0.2) is 4.39 Å². The Labute approximate surface area is 180 Å². The Morgan fingerprint density at radius 2 is 1.86 bits per heavy atom. The van der Waals surface area contributed by atoms with Gasteiger partial charge in [0.05, 0.1) is 22.2 Å². The molecule has 2 atom stereocenters. The fourth-order valence-electron chi connectivity index (χ4n) is 3.02.